The van der Waals surface area contributed by atoms with Crippen molar-refractivity contribution in [1.82, 2.24) is 10.2 Å². The number of nitrogen functional groups attached to an aromatic ring is 1. The van der Waals surface area contributed by atoms with Crippen LogP contribution in [0.2, 0.25) is 0 Å². The summed E-state index contributed by atoms with van der Waals surface area (Å²) >= 11 is 2.77. The number of amides is 1. The number of carbonyl (C=O) groups is 1. The van der Waals surface area contributed by atoms with Crippen molar-refractivity contribution in [3.05, 3.63) is 23.7 Å². The van der Waals surface area contributed by atoms with Crippen LogP contribution in [0.4, 0.5) is 11.4 Å². The monoisotopic (exact) mass is 310 g/mol. The second kappa shape index (κ2) is 6.58. The summed E-state index contributed by atoms with van der Waals surface area (Å²) in [6, 6.07) is 5.09. The molecule has 0 aliphatic rings. The summed E-state index contributed by atoms with van der Waals surface area (Å²) in [7, 11) is 1.53. The lowest BCUT2D eigenvalue weighted by molar-refractivity contribution is -0.115. The first-order valence-corrected chi connectivity index (χ1v) is 7.53. The third-order valence-corrected chi connectivity index (χ3v) is 4.38. The molecule has 1 unspecified atom stereocenters. The van der Waals surface area contributed by atoms with Gasteiger partial charge in [0.25, 0.3) is 0 Å². The maximum Gasteiger partial charge on any atom is 0.237 e. The molecule has 0 spiro atoms. The predicted molar refractivity (Wildman–Crippen MR) is 81.3 cm³/mol. The first-order chi connectivity index (χ1) is 9.60. The van der Waals surface area contributed by atoms with Crippen LogP contribution in [0.25, 0.3) is 0 Å². The Morgan fingerprint density at radius 2 is 2.35 bits per heavy atom. The zero-order chi connectivity index (χ0) is 14.5. The molecule has 1 amide bonds. The number of methoxy groups -OCH3 is 1. The molecule has 20 heavy (non-hydrogen) atoms. The van der Waals surface area contributed by atoms with E-state index in [-0.39, 0.29) is 11.2 Å². The smallest absolute Gasteiger partial charge is 0.237 e. The molecule has 0 bridgehead atoms. The lowest BCUT2D eigenvalue weighted by Gasteiger charge is -2.13. The van der Waals surface area contributed by atoms with Gasteiger partial charge in [-0.3, -0.25) is 4.79 Å². The summed E-state index contributed by atoms with van der Waals surface area (Å²) in [5.41, 5.74) is 8.48. The fourth-order valence-electron chi connectivity index (χ4n) is 1.46. The van der Waals surface area contributed by atoms with Crippen molar-refractivity contribution in [1.29, 1.82) is 0 Å². The third-order valence-electron chi connectivity index (χ3n) is 2.47. The van der Waals surface area contributed by atoms with Gasteiger partial charge in [-0.1, -0.05) is 23.1 Å². The van der Waals surface area contributed by atoms with Crippen molar-refractivity contribution in [2.45, 2.75) is 16.5 Å². The van der Waals surface area contributed by atoms with E-state index in [9.17, 15) is 4.79 Å². The molecule has 2 rings (SSSR count). The zero-order valence-electron chi connectivity index (χ0n) is 11.0. The normalized spacial score (nSPS) is 11.9. The highest BCUT2D eigenvalue weighted by Gasteiger charge is 2.17. The van der Waals surface area contributed by atoms with Gasteiger partial charge >= 0.3 is 0 Å². The third kappa shape index (κ3) is 3.61. The lowest BCUT2D eigenvalue weighted by atomic mass is 10.2. The van der Waals surface area contributed by atoms with Gasteiger partial charge in [0.15, 0.2) is 4.34 Å². The first kappa shape index (κ1) is 14.6. The van der Waals surface area contributed by atoms with Crippen molar-refractivity contribution in [3.63, 3.8) is 0 Å². The van der Waals surface area contributed by atoms with Crippen molar-refractivity contribution in [3.8, 4) is 5.75 Å². The van der Waals surface area contributed by atoms with Gasteiger partial charge in [0.2, 0.25) is 5.91 Å². The summed E-state index contributed by atoms with van der Waals surface area (Å²) in [6.45, 7) is 1.81. The molecule has 1 aromatic carbocycles. The molecule has 0 saturated heterocycles. The molecule has 8 heteroatoms. The van der Waals surface area contributed by atoms with E-state index in [0.717, 1.165) is 4.34 Å². The highest BCUT2D eigenvalue weighted by molar-refractivity contribution is 8.02. The largest absolute Gasteiger partial charge is 0.494 e. The van der Waals surface area contributed by atoms with Gasteiger partial charge in [-0.15, -0.1) is 10.2 Å². The van der Waals surface area contributed by atoms with Crippen LogP contribution in [0.15, 0.2) is 28.0 Å². The average Bonchev–Trinajstić information content (AvgIpc) is 2.93. The van der Waals surface area contributed by atoms with Crippen LogP contribution in [0.5, 0.6) is 5.75 Å². The molecule has 0 radical (unpaired) electrons. The van der Waals surface area contributed by atoms with Crippen molar-refractivity contribution in [2.75, 3.05) is 18.2 Å². The van der Waals surface area contributed by atoms with Crippen molar-refractivity contribution >= 4 is 40.4 Å². The molecular weight excluding hydrogens is 296 g/mol. The van der Waals surface area contributed by atoms with Gasteiger partial charge in [-0.2, -0.15) is 0 Å². The number of hydrogen-bond donors (Lipinski definition) is 2. The van der Waals surface area contributed by atoms with Crippen LogP contribution in [0.1, 0.15) is 6.92 Å². The highest BCUT2D eigenvalue weighted by atomic mass is 32.2. The molecule has 1 aromatic heterocycles. The summed E-state index contributed by atoms with van der Waals surface area (Å²) in [6.07, 6.45) is 0. The highest BCUT2D eigenvalue weighted by Crippen LogP contribution is 2.29. The second-order valence-corrected chi connectivity index (χ2v) is 6.33. The molecule has 1 heterocycles. The van der Waals surface area contributed by atoms with Crippen LogP contribution in [-0.2, 0) is 4.79 Å². The Bertz CT molecular complexity index is 589. The fraction of sp³-hybridized carbons (Fsp3) is 0.250. The summed E-state index contributed by atoms with van der Waals surface area (Å²) in [5, 5.41) is 10.2. The van der Waals surface area contributed by atoms with E-state index in [2.05, 4.69) is 15.5 Å². The number of aromatic nitrogens is 2. The quantitative estimate of drug-likeness (QED) is 0.650. The maximum atomic E-state index is 12.1. The SMILES string of the molecule is COc1cc(N)ccc1NC(=O)C(C)Sc1nncs1. The van der Waals surface area contributed by atoms with Crippen molar-refractivity contribution in [2.24, 2.45) is 0 Å². The van der Waals surface area contributed by atoms with Crippen LogP contribution < -0.4 is 15.8 Å². The predicted octanol–water partition coefficient (Wildman–Crippen LogP) is 2.25. The number of nitrogens with one attached hydrogen (secondary N) is 1. The molecule has 0 aliphatic heterocycles. The van der Waals surface area contributed by atoms with Gasteiger partial charge < -0.3 is 15.8 Å². The lowest BCUT2D eigenvalue weighted by Crippen LogP contribution is -2.22. The van der Waals surface area contributed by atoms with Crippen LogP contribution in [0.3, 0.4) is 0 Å². The number of ether oxygens (including phenoxy) is 1. The van der Waals surface area contributed by atoms with E-state index in [1.54, 1.807) is 23.7 Å². The van der Waals surface area contributed by atoms with Gasteiger partial charge in [-0.05, 0) is 19.1 Å². The number of anilines is 2. The average molecular weight is 310 g/mol. The number of carbonyl (C=O) groups excluding carboxylic acids is 1. The van der Waals surface area contributed by atoms with Crippen LogP contribution in [0, 0.1) is 0 Å². The van der Waals surface area contributed by atoms with Gasteiger partial charge in [-0.25, -0.2) is 0 Å². The van der Waals surface area contributed by atoms with Crippen LogP contribution in [-0.4, -0.2) is 28.5 Å². The van der Waals surface area contributed by atoms with Gasteiger partial charge in [0, 0.05) is 11.8 Å². The number of benzene rings is 1. The molecule has 0 aliphatic carbocycles. The molecule has 6 nitrogen and oxygen atoms in total. The minimum atomic E-state index is -0.287. The first-order valence-electron chi connectivity index (χ1n) is 5.77. The number of nitrogens with two attached hydrogens (primary N) is 1. The van der Waals surface area contributed by atoms with E-state index in [1.807, 2.05) is 6.92 Å². The standard InChI is InChI=1S/C12H14N4O2S2/c1-7(20-12-16-14-6-19-12)11(17)15-9-4-3-8(13)5-10(9)18-2/h3-7H,13H2,1-2H3,(H,15,17). The van der Waals surface area contributed by atoms with E-state index in [1.165, 1.54) is 30.2 Å². The van der Waals surface area contributed by atoms with E-state index in [4.69, 9.17) is 10.5 Å². The van der Waals surface area contributed by atoms with Crippen molar-refractivity contribution < 1.29 is 9.53 Å². The molecule has 0 fully saturated rings. The molecule has 2 aromatic rings. The topological polar surface area (TPSA) is 90.1 Å². The van der Waals surface area contributed by atoms with Crippen LogP contribution >= 0.6 is 23.1 Å². The van der Waals surface area contributed by atoms with E-state index < -0.39 is 0 Å². The Kier molecular flexibility index (Phi) is 4.80. The summed E-state index contributed by atoms with van der Waals surface area (Å²) < 4.78 is 5.95. The minimum Gasteiger partial charge on any atom is -0.494 e. The number of rotatable bonds is 5. The molecule has 0 saturated carbocycles. The van der Waals surface area contributed by atoms with E-state index >= 15 is 0 Å². The van der Waals surface area contributed by atoms with E-state index in [0.29, 0.717) is 17.1 Å². The zero-order valence-corrected chi connectivity index (χ0v) is 12.6. The molecule has 106 valence electrons. The fourth-order valence-corrected chi connectivity index (χ4v) is 3.09. The second-order valence-electron chi connectivity index (χ2n) is 3.91. The Balaban J connectivity index is 2.03. The maximum absolute atomic E-state index is 12.1. The molecular formula is C12H14N4O2S2. The number of nitrogens with zero attached hydrogens (tertiary/aromatic N) is 2. The number of thioether (sulfide) groups is 1. The Hall–Kier alpha value is -1.80. The Morgan fingerprint density at radius 3 is 3.00 bits per heavy atom. The Labute approximate surface area is 124 Å². The summed E-state index contributed by atoms with van der Waals surface area (Å²) in [4.78, 5) is 12.1. The Morgan fingerprint density at radius 1 is 1.55 bits per heavy atom. The molecule has 3 N–H and O–H groups in total. The molecule has 1 atom stereocenters. The minimum absolute atomic E-state index is 0.131. The summed E-state index contributed by atoms with van der Waals surface area (Å²) in [5.74, 6) is 0.403. The van der Waals surface area contributed by atoms with Gasteiger partial charge in [0.1, 0.15) is 11.3 Å². The number of hydrogen-bond acceptors (Lipinski definition) is 7. The van der Waals surface area contributed by atoms with Gasteiger partial charge in [0.05, 0.1) is 18.0 Å².